The molecule has 0 fully saturated rings. The number of hydrogen-bond acceptors (Lipinski definition) is 2. The third-order valence-corrected chi connectivity index (χ3v) is 3.01. The molecule has 0 saturated heterocycles. The highest BCUT2D eigenvalue weighted by Crippen LogP contribution is 2.17. The third kappa shape index (κ3) is 3.57. The average Bonchev–Trinajstić information content (AvgIpc) is 2.28. The molecule has 0 aliphatic heterocycles. The number of nitrogens with one attached hydrogen (secondary N) is 1. The summed E-state index contributed by atoms with van der Waals surface area (Å²) in [5.74, 6) is -0.550. The molecule has 5 heteroatoms. The summed E-state index contributed by atoms with van der Waals surface area (Å²) in [6.07, 6.45) is 0.580. The Morgan fingerprint density at radius 2 is 2.31 bits per heavy atom. The largest absolute Gasteiger partial charge is 0.351 e. The van der Waals surface area contributed by atoms with E-state index in [0.29, 0.717) is 12.0 Å². The fourth-order valence-corrected chi connectivity index (χ4v) is 1.56. The van der Waals surface area contributed by atoms with E-state index >= 15 is 0 Å². The zero-order chi connectivity index (χ0) is 12.1. The number of carbonyl (C=O) groups is 1. The Kier molecular flexibility index (Phi) is 4.89. The smallest absolute Gasteiger partial charge is 0.237 e. The first kappa shape index (κ1) is 13.1. The second-order valence-corrected chi connectivity index (χ2v) is 4.32. The van der Waals surface area contributed by atoms with E-state index in [-0.39, 0.29) is 18.3 Å². The molecule has 1 atom stereocenters. The minimum Gasteiger partial charge on any atom is -0.351 e. The maximum Gasteiger partial charge on any atom is 0.237 e. The van der Waals surface area contributed by atoms with Crippen LogP contribution in [-0.2, 0) is 11.3 Å². The Balaban J connectivity index is 2.61. The van der Waals surface area contributed by atoms with Crippen LogP contribution in [0.2, 0.25) is 0 Å². The molecule has 0 aliphatic rings. The first-order valence-electron chi connectivity index (χ1n) is 5.01. The zero-order valence-corrected chi connectivity index (χ0v) is 10.6. The highest BCUT2D eigenvalue weighted by molar-refractivity contribution is 9.10. The highest BCUT2D eigenvalue weighted by atomic mass is 79.9. The van der Waals surface area contributed by atoms with Crippen molar-refractivity contribution in [3.05, 3.63) is 34.1 Å². The molecule has 16 heavy (non-hydrogen) atoms. The number of carbonyl (C=O) groups excluding carboxylic acids is 1. The number of hydrogen-bond donors (Lipinski definition) is 2. The summed E-state index contributed by atoms with van der Waals surface area (Å²) >= 11 is 3.29. The average molecular weight is 289 g/mol. The van der Waals surface area contributed by atoms with Crippen molar-refractivity contribution in [2.75, 3.05) is 0 Å². The van der Waals surface area contributed by atoms with Gasteiger partial charge >= 0.3 is 0 Å². The number of rotatable bonds is 4. The van der Waals surface area contributed by atoms with E-state index in [9.17, 15) is 9.18 Å². The lowest BCUT2D eigenvalue weighted by atomic mass is 10.2. The van der Waals surface area contributed by atoms with Gasteiger partial charge in [0.15, 0.2) is 0 Å². The molecule has 0 heterocycles. The van der Waals surface area contributed by atoms with Crippen LogP contribution in [0.3, 0.4) is 0 Å². The van der Waals surface area contributed by atoms with Crippen molar-refractivity contribution in [1.29, 1.82) is 0 Å². The second-order valence-electron chi connectivity index (χ2n) is 3.47. The molecule has 0 bridgehead atoms. The third-order valence-electron chi connectivity index (χ3n) is 2.24. The molecule has 1 rings (SSSR count). The van der Waals surface area contributed by atoms with E-state index in [4.69, 9.17) is 5.73 Å². The second kappa shape index (κ2) is 5.96. The van der Waals surface area contributed by atoms with Crippen molar-refractivity contribution in [3.8, 4) is 0 Å². The van der Waals surface area contributed by atoms with Gasteiger partial charge in [-0.25, -0.2) is 4.39 Å². The van der Waals surface area contributed by atoms with Crippen molar-refractivity contribution in [3.63, 3.8) is 0 Å². The standard InChI is InChI=1S/C11H14BrFN2O/c1-2-10(14)11(16)15-6-7-5-8(13)3-4-9(7)12/h3-5,10H,2,6,14H2,1H3,(H,15,16). The van der Waals surface area contributed by atoms with Crippen LogP contribution in [0.15, 0.2) is 22.7 Å². The Morgan fingerprint density at radius 1 is 1.62 bits per heavy atom. The van der Waals surface area contributed by atoms with Crippen LogP contribution in [-0.4, -0.2) is 11.9 Å². The first-order chi connectivity index (χ1) is 7.54. The molecule has 1 aromatic rings. The molecular formula is C11H14BrFN2O. The lowest BCUT2D eigenvalue weighted by Gasteiger charge is -2.11. The Bertz CT molecular complexity index is 384. The molecule has 0 spiro atoms. The highest BCUT2D eigenvalue weighted by Gasteiger charge is 2.11. The van der Waals surface area contributed by atoms with Gasteiger partial charge < -0.3 is 11.1 Å². The summed E-state index contributed by atoms with van der Waals surface area (Å²) in [5.41, 5.74) is 6.24. The van der Waals surface area contributed by atoms with Gasteiger partial charge in [0.05, 0.1) is 6.04 Å². The monoisotopic (exact) mass is 288 g/mol. The molecule has 0 aliphatic carbocycles. The van der Waals surface area contributed by atoms with Crippen LogP contribution in [0.5, 0.6) is 0 Å². The van der Waals surface area contributed by atoms with Gasteiger partial charge in [0.25, 0.3) is 0 Å². The van der Waals surface area contributed by atoms with Crippen LogP contribution in [0.4, 0.5) is 4.39 Å². The topological polar surface area (TPSA) is 55.1 Å². The lowest BCUT2D eigenvalue weighted by Crippen LogP contribution is -2.39. The molecular weight excluding hydrogens is 275 g/mol. The van der Waals surface area contributed by atoms with E-state index in [1.165, 1.54) is 12.1 Å². The molecule has 1 aromatic carbocycles. The molecule has 0 aromatic heterocycles. The van der Waals surface area contributed by atoms with Gasteiger partial charge in [-0.1, -0.05) is 22.9 Å². The van der Waals surface area contributed by atoms with E-state index < -0.39 is 6.04 Å². The zero-order valence-electron chi connectivity index (χ0n) is 8.97. The predicted molar refractivity (Wildman–Crippen MR) is 64.2 cm³/mol. The van der Waals surface area contributed by atoms with Crippen LogP contribution in [0.1, 0.15) is 18.9 Å². The summed E-state index contributed by atoms with van der Waals surface area (Å²) in [6.45, 7) is 2.10. The minimum absolute atomic E-state index is 0.223. The van der Waals surface area contributed by atoms with E-state index in [2.05, 4.69) is 21.2 Å². The van der Waals surface area contributed by atoms with Gasteiger partial charge in [0.2, 0.25) is 5.91 Å². The minimum atomic E-state index is -0.507. The van der Waals surface area contributed by atoms with E-state index in [1.807, 2.05) is 6.92 Å². The van der Waals surface area contributed by atoms with Gasteiger partial charge in [-0.15, -0.1) is 0 Å². The Morgan fingerprint density at radius 3 is 2.94 bits per heavy atom. The van der Waals surface area contributed by atoms with Crippen molar-refractivity contribution < 1.29 is 9.18 Å². The number of benzene rings is 1. The van der Waals surface area contributed by atoms with Gasteiger partial charge in [0, 0.05) is 11.0 Å². The van der Waals surface area contributed by atoms with Gasteiger partial charge in [-0.05, 0) is 30.2 Å². The Hall–Kier alpha value is -0.940. The maximum atomic E-state index is 12.9. The fraction of sp³-hybridized carbons (Fsp3) is 0.364. The van der Waals surface area contributed by atoms with Crippen molar-refractivity contribution in [2.45, 2.75) is 25.9 Å². The SMILES string of the molecule is CCC(N)C(=O)NCc1cc(F)ccc1Br. The lowest BCUT2D eigenvalue weighted by molar-refractivity contribution is -0.122. The molecule has 0 radical (unpaired) electrons. The summed E-state index contributed by atoms with van der Waals surface area (Å²) in [4.78, 5) is 11.4. The molecule has 3 N–H and O–H groups in total. The van der Waals surface area contributed by atoms with E-state index in [1.54, 1.807) is 6.07 Å². The summed E-state index contributed by atoms with van der Waals surface area (Å²) in [6, 6.07) is 3.83. The molecule has 1 amide bonds. The summed E-state index contributed by atoms with van der Waals surface area (Å²) < 4.78 is 13.7. The summed E-state index contributed by atoms with van der Waals surface area (Å²) in [7, 11) is 0. The number of nitrogens with two attached hydrogens (primary N) is 1. The van der Waals surface area contributed by atoms with Gasteiger partial charge in [-0.3, -0.25) is 4.79 Å². The van der Waals surface area contributed by atoms with Crippen molar-refractivity contribution in [1.82, 2.24) is 5.32 Å². The van der Waals surface area contributed by atoms with Gasteiger partial charge in [-0.2, -0.15) is 0 Å². The predicted octanol–water partition coefficient (Wildman–Crippen LogP) is 1.94. The molecule has 1 unspecified atom stereocenters. The van der Waals surface area contributed by atoms with Crippen molar-refractivity contribution >= 4 is 21.8 Å². The molecule has 3 nitrogen and oxygen atoms in total. The number of halogens is 2. The Labute approximate surface area is 102 Å². The van der Waals surface area contributed by atoms with Crippen LogP contribution < -0.4 is 11.1 Å². The first-order valence-corrected chi connectivity index (χ1v) is 5.81. The number of amides is 1. The van der Waals surface area contributed by atoms with Crippen molar-refractivity contribution in [2.24, 2.45) is 5.73 Å². The summed E-state index contributed by atoms with van der Waals surface area (Å²) in [5, 5.41) is 2.66. The normalized spacial score (nSPS) is 12.2. The van der Waals surface area contributed by atoms with Crippen LogP contribution >= 0.6 is 15.9 Å². The molecule has 0 saturated carbocycles. The van der Waals surface area contributed by atoms with Gasteiger partial charge in [0.1, 0.15) is 5.82 Å². The maximum absolute atomic E-state index is 12.9. The van der Waals surface area contributed by atoms with E-state index in [0.717, 1.165) is 4.47 Å². The van der Waals surface area contributed by atoms with Crippen LogP contribution in [0, 0.1) is 5.82 Å². The molecule has 88 valence electrons. The van der Waals surface area contributed by atoms with Crippen LogP contribution in [0.25, 0.3) is 0 Å². The fourth-order valence-electron chi connectivity index (χ4n) is 1.18. The quantitative estimate of drug-likeness (QED) is 0.890.